The summed E-state index contributed by atoms with van der Waals surface area (Å²) < 4.78 is 72.6. The second-order valence-electron chi connectivity index (χ2n) is 8.82. The fourth-order valence-corrected chi connectivity index (χ4v) is 4.33. The molecule has 4 aromatic heterocycles. The molecule has 2 aliphatic rings. The van der Waals surface area contributed by atoms with Crippen LogP contribution in [0.1, 0.15) is 12.8 Å². The zero-order valence-electron chi connectivity index (χ0n) is 19.4. The number of aromatic nitrogens is 7. The Bertz CT molecular complexity index is 1420. The lowest BCUT2D eigenvalue weighted by Crippen LogP contribution is -2.55. The van der Waals surface area contributed by atoms with Crippen LogP contribution in [0.4, 0.5) is 33.7 Å². The summed E-state index contributed by atoms with van der Waals surface area (Å²) in [5.74, 6) is -3.28. The topological polar surface area (TPSA) is 138 Å². The SMILES string of the molecule is FC1(F)CCCN(C2COC2)C1.Nc1nc(N)c2c(-c3ccc4nnn(CC(F)F)c4n3)c(F)cn2n1. The van der Waals surface area contributed by atoms with Crippen molar-refractivity contribution < 1.29 is 26.7 Å². The molecule has 6 rings (SSSR count). The number of pyridine rings is 1. The van der Waals surface area contributed by atoms with Gasteiger partial charge in [-0.3, -0.25) is 4.90 Å². The zero-order chi connectivity index (χ0) is 26.3. The number of hydrogen-bond donors (Lipinski definition) is 2. The third-order valence-electron chi connectivity index (χ3n) is 6.11. The number of alkyl halides is 4. The molecule has 0 amide bonds. The second-order valence-corrected chi connectivity index (χ2v) is 8.82. The highest BCUT2D eigenvalue weighted by molar-refractivity contribution is 5.88. The van der Waals surface area contributed by atoms with E-state index >= 15 is 0 Å². The summed E-state index contributed by atoms with van der Waals surface area (Å²) in [6, 6.07) is 3.25. The molecular weight excluding hydrogens is 503 g/mol. The van der Waals surface area contributed by atoms with Crippen molar-refractivity contribution in [3.63, 3.8) is 0 Å². The Kier molecular flexibility index (Phi) is 6.53. The summed E-state index contributed by atoms with van der Waals surface area (Å²) in [7, 11) is 0. The summed E-state index contributed by atoms with van der Waals surface area (Å²) in [5.41, 5.74) is 12.1. The summed E-state index contributed by atoms with van der Waals surface area (Å²) in [5, 5.41) is 11.3. The normalized spacial score (nSPS) is 18.2. The largest absolute Gasteiger partial charge is 0.382 e. The van der Waals surface area contributed by atoms with Gasteiger partial charge in [-0.25, -0.2) is 36.1 Å². The van der Waals surface area contributed by atoms with E-state index in [0.717, 1.165) is 21.9 Å². The van der Waals surface area contributed by atoms with E-state index in [0.29, 0.717) is 25.2 Å². The predicted octanol–water partition coefficient (Wildman–Crippen LogP) is 2.22. The molecule has 0 bridgehead atoms. The first-order chi connectivity index (χ1) is 17.6. The Morgan fingerprint density at radius 3 is 2.62 bits per heavy atom. The summed E-state index contributed by atoms with van der Waals surface area (Å²) >= 11 is 0. The molecule has 0 spiro atoms. The van der Waals surface area contributed by atoms with Crippen LogP contribution in [-0.2, 0) is 11.3 Å². The van der Waals surface area contributed by atoms with Crippen LogP contribution in [0.5, 0.6) is 0 Å². The van der Waals surface area contributed by atoms with Crippen molar-refractivity contribution in [2.75, 3.05) is 37.8 Å². The van der Waals surface area contributed by atoms with Crippen molar-refractivity contribution in [2.45, 2.75) is 37.8 Å². The second kappa shape index (κ2) is 9.66. The summed E-state index contributed by atoms with van der Waals surface area (Å²) in [6.07, 6.45) is -0.880. The third kappa shape index (κ3) is 5.11. The van der Waals surface area contributed by atoms with Gasteiger partial charge < -0.3 is 16.2 Å². The lowest BCUT2D eigenvalue weighted by molar-refractivity contribution is -0.126. The molecule has 0 aromatic carbocycles. The van der Waals surface area contributed by atoms with E-state index in [-0.39, 0.29) is 53.2 Å². The van der Waals surface area contributed by atoms with Gasteiger partial charge in [-0.05, 0) is 25.1 Å². The molecule has 4 N–H and O–H groups in total. The number of piperidine rings is 1. The smallest absolute Gasteiger partial charge is 0.260 e. The van der Waals surface area contributed by atoms with E-state index in [2.05, 4.69) is 25.4 Å². The average Bonchev–Trinajstić information content (AvgIpc) is 3.31. The van der Waals surface area contributed by atoms with Crippen molar-refractivity contribution >= 4 is 28.4 Å². The molecule has 16 heteroatoms. The molecule has 198 valence electrons. The molecular formula is C21H23F5N10O. The number of rotatable bonds is 4. The van der Waals surface area contributed by atoms with Gasteiger partial charge in [0.05, 0.1) is 43.3 Å². The maximum atomic E-state index is 14.5. The number of nitrogens with zero attached hydrogens (tertiary/aromatic N) is 8. The van der Waals surface area contributed by atoms with Crippen molar-refractivity contribution in [1.29, 1.82) is 0 Å². The van der Waals surface area contributed by atoms with Gasteiger partial charge in [0.25, 0.3) is 12.3 Å². The molecule has 0 saturated carbocycles. The minimum atomic E-state index is -2.63. The predicted molar refractivity (Wildman–Crippen MR) is 122 cm³/mol. The van der Waals surface area contributed by atoms with E-state index in [1.165, 1.54) is 12.1 Å². The number of anilines is 2. The number of nitrogens with two attached hydrogens (primary N) is 2. The van der Waals surface area contributed by atoms with Crippen LogP contribution < -0.4 is 11.5 Å². The number of halogens is 5. The first-order valence-corrected chi connectivity index (χ1v) is 11.4. The maximum Gasteiger partial charge on any atom is 0.260 e. The Hall–Kier alpha value is -3.66. The average molecular weight is 526 g/mol. The van der Waals surface area contributed by atoms with E-state index in [4.69, 9.17) is 16.2 Å². The van der Waals surface area contributed by atoms with Gasteiger partial charge in [-0.15, -0.1) is 10.2 Å². The van der Waals surface area contributed by atoms with E-state index in [1.54, 1.807) is 0 Å². The lowest BCUT2D eigenvalue weighted by atomic mass is 10.0. The van der Waals surface area contributed by atoms with Gasteiger partial charge in [0.1, 0.15) is 17.6 Å². The number of nitrogen functional groups attached to an aromatic ring is 2. The Balaban J connectivity index is 0.000000195. The maximum absolute atomic E-state index is 14.5. The van der Waals surface area contributed by atoms with Crippen LogP contribution in [0.2, 0.25) is 0 Å². The summed E-state index contributed by atoms with van der Waals surface area (Å²) in [6.45, 7) is 1.34. The van der Waals surface area contributed by atoms with Crippen LogP contribution in [-0.4, -0.2) is 84.2 Å². The fourth-order valence-electron chi connectivity index (χ4n) is 4.33. The van der Waals surface area contributed by atoms with E-state index < -0.39 is 24.7 Å². The quantitative estimate of drug-likeness (QED) is 0.383. The fraction of sp³-hybridized carbons (Fsp3) is 0.476. The van der Waals surface area contributed by atoms with Gasteiger partial charge in [0, 0.05) is 6.42 Å². The van der Waals surface area contributed by atoms with Crippen LogP contribution in [0.15, 0.2) is 18.3 Å². The minimum absolute atomic E-state index is 0.0317. The molecule has 2 aliphatic heterocycles. The number of likely N-dealkylation sites (tertiary alicyclic amines) is 1. The number of hydrogen-bond acceptors (Lipinski definition) is 9. The molecule has 2 fully saturated rings. The molecule has 4 aromatic rings. The van der Waals surface area contributed by atoms with E-state index in [9.17, 15) is 22.0 Å². The van der Waals surface area contributed by atoms with Crippen LogP contribution in [0.25, 0.3) is 27.9 Å². The first-order valence-electron chi connectivity index (χ1n) is 11.4. The number of ether oxygens (including phenoxy) is 1. The van der Waals surface area contributed by atoms with Gasteiger partial charge in [0.15, 0.2) is 17.3 Å². The van der Waals surface area contributed by atoms with Crippen molar-refractivity contribution in [2.24, 2.45) is 0 Å². The van der Waals surface area contributed by atoms with Crippen molar-refractivity contribution in [3.05, 3.63) is 24.1 Å². The van der Waals surface area contributed by atoms with Gasteiger partial charge in [-0.2, -0.15) is 4.98 Å². The highest BCUT2D eigenvalue weighted by Crippen LogP contribution is 2.32. The zero-order valence-corrected chi connectivity index (χ0v) is 19.4. The lowest BCUT2D eigenvalue weighted by Gasteiger charge is -2.41. The minimum Gasteiger partial charge on any atom is -0.382 e. The van der Waals surface area contributed by atoms with Gasteiger partial charge in [-0.1, -0.05) is 5.21 Å². The van der Waals surface area contributed by atoms with Crippen molar-refractivity contribution in [1.82, 2.24) is 39.5 Å². The monoisotopic (exact) mass is 526 g/mol. The molecule has 37 heavy (non-hydrogen) atoms. The van der Waals surface area contributed by atoms with Gasteiger partial charge in [0.2, 0.25) is 5.95 Å². The van der Waals surface area contributed by atoms with Crippen LogP contribution >= 0.6 is 0 Å². The standard InChI is InChI=1S/C13H10F3N9.C8H13F2NO/c14-5-3-24-10(11(17)20-13(18)22-24)9(5)6-1-2-7-12(19-6)25(23-21-7)4-8(15)16;9-8(10)2-1-3-11(6-8)7-4-12-5-7/h1-3,8H,4H2,(H4,17,18,20,22);7H,1-6H2. The molecule has 0 radical (unpaired) electrons. The molecule has 0 unspecified atom stereocenters. The molecule has 0 aliphatic carbocycles. The molecule has 11 nitrogen and oxygen atoms in total. The first kappa shape index (κ1) is 25.0. The molecule has 0 atom stereocenters. The van der Waals surface area contributed by atoms with E-state index in [1.807, 2.05) is 4.90 Å². The Morgan fingerprint density at radius 1 is 1.16 bits per heavy atom. The Labute approximate surface area is 206 Å². The van der Waals surface area contributed by atoms with Gasteiger partial charge >= 0.3 is 0 Å². The highest BCUT2D eigenvalue weighted by Gasteiger charge is 2.39. The summed E-state index contributed by atoms with van der Waals surface area (Å²) in [4.78, 5) is 9.88. The van der Waals surface area contributed by atoms with Crippen LogP contribution in [0.3, 0.4) is 0 Å². The number of fused-ring (bicyclic) bond motifs is 2. The Morgan fingerprint density at radius 2 is 1.95 bits per heavy atom. The van der Waals surface area contributed by atoms with Crippen molar-refractivity contribution in [3.8, 4) is 11.3 Å². The molecule has 6 heterocycles. The van der Waals surface area contributed by atoms with Crippen LogP contribution in [0, 0.1) is 5.82 Å². The third-order valence-corrected chi connectivity index (χ3v) is 6.11. The molecule has 2 saturated heterocycles. The highest BCUT2D eigenvalue weighted by atomic mass is 19.3.